The first-order valence-corrected chi connectivity index (χ1v) is 5.63. The number of hydrogen-bond donors (Lipinski definition) is 1. The summed E-state index contributed by atoms with van der Waals surface area (Å²) in [5, 5.41) is 10.6. The smallest absolute Gasteiger partial charge is 0.423 e. The van der Waals surface area contributed by atoms with Gasteiger partial charge in [-0.15, -0.1) is 0 Å². The van der Waals surface area contributed by atoms with Crippen LogP contribution in [0.25, 0.3) is 0 Å². The van der Waals surface area contributed by atoms with E-state index in [1.54, 1.807) is 6.92 Å². The first kappa shape index (κ1) is 14.6. The summed E-state index contributed by atoms with van der Waals surface area (Å²) in [5.74, 6) is -1.62. The van der Waals surface area contributed by atoms with Crippen LogP contribution in [-0.4, -0.2) is 50.8 Å². The Bertz CT molecular complexity index is 374. The molecular weight excluding hydrogens is 240 g/mol. The fourth-order valence-corrected chi connectivity index (χ4v) is 1.87. The number of hydroxylamine groups is 2. The van der Waals surface area contributed by atoms with Crippen molar-refractivity contribution in [1.82, 2.24) is 9.96 Å². The Morgan fingerprint density at radius 2 is 1.56 bits per heavy atom. The molecule has 1 fully saturated rings. The summed E-state index contributed by atoms with van der Waals surface area (Å²) in [5.41, 5.74) is -2.77. The van der Waals surface area contributed by atoms with Gasteiger partial charge in [-0.25, -0.2) is 4.79 Å². The summed E-state index contributed by atoms with van der Waals surface area (Å²) < 4.78 is 4.69. The van der Waals surface area contributed by atoms with Gasteiger partial charge in [0, 0.05) is 0 Å². The molecule has 1 aliphatic rings. The second-order valence-corrected chi connectivity index (χ2v) is 5.07. The van der Waals surface area contributed by atoms with E-state index in [-0.39, 0.29) is 6.61 Å². The molecule has 18 heavy (non-hydrogen) atoms. The lowest BCUT2D eigenvalue weighted by Gasteiger charge is -2.48. The molecule has 0 radical (unpaired) electrons. The van der Waals surface area contributed by atoms with Gasteiger partial charge in [0.25, 0.3) is 11.8 Å². The lowest BCUT2D eigenvalue weighted by Crippen LogP contribution is -2.73. The van der Waals surface area contributed by atoms with E-state index in [0.717, 1.165) is 0 Å². The Kier molecular flexibility index (Phi) is 3.51. The van der Waals surface area contributed by atoms with Gasteiger partial charge < -0.3 is 9.94 Å². The van der Waals surface area contributed by atoms with Crippen LogP contribution in [0.4, 0.5) is 4.79 Å². The number of carbonyl (C=O) groups is 3. The van der Waals surface area contributed by atoms with Crippen molar-refractivity contribution in [1.29, 1.82) is 0 Å². The SMILES string of the molecule is CCOC(=O)N1C(=O)C(C)(C)N(O)C(C)(C)C1=O. The van der Waals surface area contributed by atoms with Gasteiger partial charge in [0.1, 0.15) is 11.1 Å². The van der Waals surface area contributed by atoms with E-state index in [1.165, 1.54) is 27.7 Å². The topological polar surface area (TPSA) is 87.2 Å². The second kappa shape index (κ2) is 4.33. The van der Waals surface area contributed by atoms with E-state index < -0.39 is 29.0 Å². The number of hydrogen-bond acceptors (Lipinski definition) is 6. The lowest BCUT2D eigenvalue weighted by atomic mass is 9.89. The van der Waals surface area contributed by atoms with Crippen molar-refractivity contribution in [3.05, 3.63) is 0 Å². The van der Waals surface area contributed by atoms with Crippen LogP contribution in [0.3, 0.4) is 0 Å². The first-order chi connectivity index (χ1) is 8.08. The highest BCUT2D eigenvalue weighted by Gasteiger charge is 2.58. The van der Waals surface area contributed by atoms with Crippen molar-refractivity contribution in [2.45, 2.75) is 45.7 Å². The largest absolute Gasteiger partial charge is 0.449 e. The van der Waals surface area contributed by atoms with Gasteiger partial charge in [0.2, 0.25) is 0 Å². The molecule has 102 valence electrons. The minimum absolute atomic E-state index is 0.0551. The zero-order valence-electron chi connectivity index (χ0n) is 11.2. The van der Waals surface area contributed by atoms with E-state index >= 15 is 0 Å². The van der Waals surface area contributed by atoms with Crippen molar-refractivity contribution < 1.29 is 24.3 Å². The molecule has 1 saturated heterocycles. The molecule has 3 amide bonds. The highest BCUT2D eigenvalue weighted by molar-refractivity contribution is 6.15. The fourth-order valence-electron chi connectivity index (χ4n) is 1.87. The number of carbonyl (C=O) groups excluding carboxylic acids is 3. The quantitative estimate of drug-likeness (QED) is 0.699. The predicted molar refractivity (Wildman–Crippen MR) is 60.7 cm³/mol. The summed E-state index contributed by atoms with van der Waals surface area (Å²) >= 11 is 0. The zero-order valence-corrected chi connectivity index (χ0v) is 11.2. The Balaban J connectivity index is 3.24. The molecule has 0 aliphatic carbocycles. The van der Waals surface area contributed by atoms with Gasteiger partial charge in [0.05, 0.1) is 6.61 Å². The maximum atomic E-state index is 12.1. The zero-order chi connectivity index (χ0) is 14.3. The van der Waals surface area contributed by atoms with Crippen molar-refractivity contribution in [2.75, 3.05) is 6.61 Å². The number of piperazine rings is 1. The lowest BCUT2D eigenvalue weighted by molar-refractivity contribution is -0.239. The van der Waals surface area contributed by atoms with Gasteiger partial charge in [-0.1, -0.05) is 0 Å². The Labute approximate surface area is 105 Å². The Hall–Kier alpha value is -1.47. The molecule has 0 saturated carbocycles. The molecule has 0 bridgehead atoms. The molecule has 0 unspecified atom stereocenters. The normalized spacial score (nSPS) is 23.1. The average Bonchev–Trinajstić information content (AvgIpc) is 2.26. The first-order valence-electron chi connectivity index (χ1n) is 5.63. The number of ether oxygens (including phenoxy) is 1. The minimum atomic E-state index is -1.38. The fraction of sp³-hybridized carbons (Fsp3) is 0.727. The van der Waals surface area contributed by atoms with Crippen LogP contribution in [0.5, 0.6) is 0 Å². The van der Waals surface area contributed by atoms with Crippen LogP contribution in [0.15, 0.2) is 0 Å². The summed E-state index contributed by atoms with van der Waals surface area (Å²) in [6.45, 7) is 7.34. The van der Waals surface area contributed by atoms with Gasteiger partial charge in [0.15, 0.2) is 0 Å². The third-order valence-corrected chi connectivity index (χ3v) is 2.96. The van der Waals surface area contributed by atoms with E-state index in [9.17, 15) is 19.6 Å². The van der Waals surface area contributed by atoms with Crippen LogP contribution >= 0.6 is 0 Å². The van der Waals surface area contributed by atoms with E-state index in [1.807, 2.05) is 0 Å². The molecule has 0 spiro atoms. The van der Waals surface area contributed by atoms with Crippen LogP contribution in [0.1, 0.15) is 34.6 Å². The van der Waals surface area contributed by atoms with Crippen molar-refractivity contribution in [3.8, 4) is 0 Å². The minimum Gasteiger partial charge on any atom is -0.449 e. The summed E-state index contributed by atoms with van der Waals surface area (Å²) in [6.07, 6.45) is -1.01. The number of imide groups is 3. The molecule has 0 aromatic carbocycles. The molecule has 0 atom stereocenters. The molecule has 1 N–H and O–H groups in total. The summed E-state index contributed by atoms with van der Waals surface area (Å²) in [6, 6.07) is 0. The molecule has 0 aromatic heterocycles. The molecule has 7 nitrogen and oxygen atoms in total. The van der Waals surface area contributed by atoms with E-state index in [4.69, 9.17) is 0 Å². The van der Waals surface area contributed by atoms with Gasteiger partial charge in [-0.3, -0.25) is 9.59 Å². The molecule has 1 heterocycles. The van der Waals surface area contributed by atoms with Crippen LogP contribution in [0.2, 0.25) is 0 Å². The van der Waals surface area contributed by atoms with Crippen molar-refractivity contribution in [3.63, 3.8) is 0 Å². The van der Waals surface area contributed by atoms with Gasteiger partial charge in [-0.05, 0) is 34.6 Å². The number of amides is 3. The number of rotatable bonds is 1. The predicted octanol–water partition coefficient (Wildman–Crippen LogP) is 0.760. The highest BCUT2D eigenvalue weighted by atomic mass is 16.6. The molecular formula is C11H18N2O5. The summed E-state index contributed by atoms with van der Waals surface area (Å²) in [7, 11) is 0. The summed E-state index contributed by atoms with van der Waals surface area (Å²) in [4.78, 5) is 36.3. The molecule has 1 rings (SSSR count). The monoisotopic (exact) mass is 258 g/mol. The highest BCUT2D eigenvalue weighted by Crippen LogP contribution is 2.32. The van der Waals surface area contributed by atoms with E-state index in [2.05, 4.69) is 4.74 Å². The molecule has 0 aromatic rings. The Morgan fingerprint density at radius 3 is 1.89 bits per heavy atom. The van der Waals surface area contributed by atoms with Gasteiger partial charge in [-0.2, -0.15) is 9.96 Å². The van der Waals surface area contributed by atoms with Crippen molar-refractivity contribution >= 4 is 17.9 Å². The Morgan fingerprint density at radius 1 is 1.17 bits per heavy atom. The van der Waals surface area contributed by atoms with E-state index in [0.29, 0.717) is 9.96 Å². The molecule has 7 heteroatoms. The average molecular weight is 258 g/mol. The second-order valence-electron chi connectivity index (χ2n) is 5.07. The third-order valence-electron chi connectivity index (χ3n) is 2.96. The van der Waals surface area contributed by atoms with Crippen LogP contribution < -0.4 is 0 Å². The maximum Gasteiger partial charge on any atom is 0.423 e. The molecule has 1 aliphatic heterocycles. The maximum absolute atomic E-state index is 12.1. The van der Waals surface area contributed by atoms with Gasteiger partial charge >= 0.3 is 6.09 Å². The van der Waals surface area contributed by atoms with Crippen molar-refractivity contribution in [2.24, 2.45) is 0 Å². The number of nitrogens with zero attached hydrogens (tertiary/aromatic N) is 2. The third kappa shape index (κ3) is 1.89. The van der Waals surface area contributed by atoms with Crippen LogP contribution in [0, 0.1) is 0 Å². The standard InChI is InChI=1S/C11H18N2O5/c1-6-18-9(16)12-7(14)10(2,3)13(17)11(4,5)8(12)15/h17H,6H2,1-5H3. The van der Waals surface area contributed by atoms with Crippen LogP contribution in [-0.2, 0) is 14.3 Å².